The number of carbonyl (C=O) groups is 1. The lowest BCUT2D eigenvalue weighted by Gasteiger charge is -1.97. The average Bonchev–Trinajstić information content (AvgIpc) is 2.64. The van der Waals surface area contributed by atoms with Gasteiger partial charge in [-0.2, -0.15) is 0 Å². The normalized spacial score (nSPS) is 30.8. The van der Waals surface area contributed by atoms with Gasteiger partial charge in [0.1, 0.15) is 12.2 Å². The fourth-order valence-corrected chi connectivity index (χ4v) is 1.07. The number of hydrogen-bond acceptors (Lipinski definition) is 2. The van der Waals surface area contributed by atoms with E-state index in [9.17, 15) is 4.79 Å². The summed E-state index contributed by atoms with van der Waals surface area (Å²) in [7, 11) is 0. The Morgan fingerprint density at radius 2 is 2.30 bits per heavy atom. The van der Waals surface area contributed by atoms with Gasteiger partial charge in [-0.15, -0.1) is 11.6 Å². The van der Waals surface area contributed by atoms with Crippen LogP contribution in [0.1, 0.15) is 13.8 Å². The fraction of sp³-hybridized carbons (Fsp3) is 0.857. The van der Waals surface area contributed by atoms with E-state index in [4.69, 9.17) is 16.3 Å². The molecule has 0 amide bonds. The van der Waals surface area contributed by atoms with Gasteiger partial charge >= 0.3 is 0 Å². The van der Waals surface area contributed by atoms with E-state index in [1.54, 1.807) is 0 Å². The topological polar surface area (TPSA) is 29.6 Å². The third kappa shape index (κ3) is 1.50. The summed E-state index contributed by atoms with van der Waals surface area (Å²) in [4.78, 5) is 11.1. The third-order valence-electron chi connectivity index (χ3n) is 1.58. The first-order valence-corrected chi connectivity index (χ1v) is 3.95. The SMILES string of the molecule is CC(C)C(=O)C1OC1CCl. The summed E-state index contributed by atoms with van der Waals surface area (Å²) in [6.45, 7) is 3.74. The summed E-state index contributed by atoms with van der Waals surface area (Å²) in [5, 5.41) is 0. The standard InChI is InChI=1S/C7H11ClO2/c1-4(2)6(9)7-5(3-8)10-7/h4-5,7H,3H2,1-2H3. The highest BCUT2D eigenvalue weighted by Gasteiger charge is 2.44. The van der Waals surface area contributed by atoms with Crippen molar-refractivity contribution >= 4 is 17.4 Å². The zero-order valence-electron chi connectivity index (χ0n) is 6.13. The molecule has 0 saturated carbocycles. The summed E-state index contributed by atoms with van der Waals surface area (Å²) in [5.74, 6) is 0.673. The summed E-state index contributed by atoms with van der Waals surface area (Å²) < 4.78 is 5.01. The average molecular weight is 163 g/mol. The van der Waals surface area contributed by atoms with Crippen LogP contribution in [0.3, 0.4) is 0 Å². The monoisotopic (exact) mass is 162 g/mol. The molecule has 10 heavy (non-hydrogen) atoms. The zero-order valence-corrected chi connectivity index (χ0v) is 6.89. The molecule has 1 aliphatic heterocycles. The third-order valence-corrected chi connectivity index (χ3v) is 1.89. The molecule has 58 valence electrons. The molecule has 0 aromatic rings. The van der Waals surface area contributed by atoms with Gasteiger partial charge in [0, 0.05) is 5.92 Å². The molecule has 3 heteroatoms. The highest BCUT2D eigenvalue weighted by Crippen LogP contribution is 2.26. The minimum absolute atomic E-state index is 0.00318. The number of ether oxygens (including phenoxy) is 1. The van der Waals surface area contributed by atoms with Crippen LogP contribution in [0.4, 0.5) is 0 Å². The van der Waals surface area contributed by atoms with Gasteiger partial charge in [0.05, 0.1) is 5.88 Å². The van der Waals surface area contributed by atoms with E-state index in [2.05, 4.69) is 0 Å². The molecule has 1 saturated heterocycles. The number of ketones is 1. The van der Waals surface area contributed by atoms with Crippen molar-refractivity contribution < 1.29 is 9.53 Å². The van der Waals surface area contributed by atoms with Crippen LogP contribution in [-0.2, 0) is 9.53 Å². The summed E-state index contributed by atoms with van der Waals surface area (Å²) in [6.07, 6.45) is -0.200. The Balaban J connectivity index is 2.33. The second kappa shape index (κ2) is 2.89. The molecule has 0 N–H and O–H groups in total. The number of epoxide rings is 1. The van der Waals surface area contributed by atoms with Crippen LogP contribution in [0.5, 0.6) is 0 Å². The van der Waals surface area contributed by atoms with Gasteiger partial charge in [0.2, 0.25) is 0 Å². The van der Waals surface area contributed by atoms with Crippen molar-refractivity contribution in [3.8, 4) is 0 Å². The minimum Gasteiger partial charge on any atom is -0.360 e. The lowest BCUT2D eigenvalue weighted by Crippen LogP contribution is -2.16. The molecular weight excluding hydrogens is 152 g/mol. The van der Waals surface area contributed by atoms with Crippen LogP contribution < -0.4 is 0 Å². The van der Waals surface area contributed by atoms with Crippen LogP contribution in [0.2, 0.25) is 0 Å². The maximum atomic E-state index is 11.1. The van der Waals surface area contributed by atoms with E-state index >= 15 is 0 Å². The van der Waals surface area contributed by atoms with Gasteiger partial charge in [0.15, 0.2) is 5.78 Å². The van der Waals surface area contributed by atoms with Crippen LogP contribution in [0, 0.1) is 5.92 Å². The number of rotatable bonds is 3. The predicted octanol–water partition coefficient (Wildman–Crippen LogP) is 1.22. The number of halogens is 1. The Kier molecular flexibility index (Phi) is 2.32. The first-order chi connectivity index (χ1) is 4.66. The molecule has 2 atom stereocenters. The Hall–Kier alpha value is -0.0800. The Bertz CT molecular complexity index is 145. The van der Waals surface area contributed by atoms with Gasteiger partial charge in [-0.3, -0.25) is 4.79 Å². The van der Waals surface area contributed by atoms with E-state index in [0.29, 0.717) is 5.88 Å². The number of Topliss-reactive ketones (excluding diaryl/α,β-unsaturated/α-hetero) is 1. The van der Waals surface area contributed by atoms with Crippen LogP contribution >= 0.6 is 11.6 Å². The molecular formula is C7H11ClO2. The molecule has 2 unspecified atom stereocenters. The zero-order chi connectivity index (χ0) is 7.72. The van der Waals surface area contributed by atoms with Gasteiger partial charge in [-0.05, 0) is 0 Å². The van der Waals surface area contributed by atoms with Crippen LogP contribution in [0.25, 0.3) is 0 Å². The minimum atomic E-state index is -0.197. The number of hydrogen-bond donors (Lipinski definition) is 0. The van der Waals surface area contributed by atoms with E-state index in [1.165, 1.54) is 0 Å². The Labute approximate surface area is 65.5 Å². The van der Waals surface area contributed by atoms with E-state index in [0.717, 1.165) is 0 Å². The molecule has 1 fully saturated rings. The number of carbonyl (C=O) groups excluding carboxylic acids is 1. The molecule has 0 bridgehead atoms. The van der Waals surface area contributed by atoms with E-state index < -0.39 is 0 Å². The van der Waals surface area contributed by atoms with Crippen molar-refractivity contribution in [1.29, 1.82) is 0 Å². The van der Waals surface area contributed by atoms with E-state index in [-0.39, 0.29) is 23.9 Å². The molecule has 2 nitrogen and oxygen atoms in total. The Morgan fingerprint density at radius 3 is 2.60 bits per heavy atom. The lowest BCUT2D eigenvalue weighted by atomic mass is 10.1. The highest BCUT2D eigenvalue weighted by molar-refractivity contribution is 6.18. The smallest absolute Gasteiger partial charge is 0.166 e. The number of alkyl halides is 1. The quantitative estimate of drug-likeness (QED) is 0.461. The van der Waals surface area contributed by atoms with Gasteiger partial charge in [-0.1, -0.05) is 13.8 Å². The first kappa shape index (κ1) is 8.02. The lowest BCUT2D eigenvalue weighted by molar-refractivity contribution is -0.123. The molecule has 0 aromatic heterocycles. The second-order valence-electron chi connectivity index (χ2n) is 2.81. The predicted molar refractivity (Wildman–Crippen MR) is 39.2 cm³/mol. The molecule has 1 heterocycles. The Morgan fingerprint density at radius 1 is 1.70 bits per heavy atom. The van der Waals surface area contributed by atoms with Crippen molar-refractivity contribution in [2.24, 2.45) is 5.92 Å². The van der Waals surface area contributed by atoms with Crippen molar-refractivity contribution in [2.45, 2.75) is 26.1 Å². The summed E-state index contributed by atoms with van der Waals surface area (Å²) in [6, 6.07) is 0. The molecule has 0 aliphatic carbocycles. The highest BCUT2D eigenvalue weighted by atomic mass is 35.5. The first-order valence-electron chi connectivity index (χ1n) is 3.42. The summed E-state index contributed by atoms with van der Waals surface area (Å²) >= 11 is 5.47. The molecule has 1 rings (SSSR count). The molecule has 0 aromatic carbocycles. The maximum Gasteiger partial charge on any atom is 0.166 e. The van der Waals surface area contributed by atoms with Crippen molar-refractivity contribution in [3.63, 3.8) is 0 Å². The molecule has 0 spiro atoms. The summed E-state index contributed by atoms with van der Waals surface area (Å²) in [5.41, 5.74) is 0. The van der Waals surface area contributed by atoms with Crippen molar-refractivity contribution in [3.05, 3.63) is 0 Å². The van der Waals surface area contributed by atoms with Gasteiger partial charge in [0.25, 0.3) is 0 Å². The molecule has 1 aliphatic rings. The van der Waals surface area contributed by atoms with Gasteiger partial charge < -0.3 is 4.74 Å². The largest absolute Gasteiger partial charge is 0.360 e. The van der Waals surface area contributed by atoms with Gasteiger partial charge in [-0.25, -0.2) is 0 Å². The van der Waals surface area contributed by atoms with Crippen molar-refractivity contribution in [1.82, 2.24) is 0 Å². The second-order valence-corrected chi connectivity index (χ2v) is 3.12. The van der Waals surface area contributed by atoms with E-state index in [1.807, 2.05) is 13.8 Å². The van der Waals surface area contributed by atoms with Crippen molar-refractivity contribution in [2.75, 3.05) is 5.88 Å². The van der Waals surface area contributed by atoms with Crippen LogP contribution in [0.15, 0.2) is 0 Å². The van der Waals surface area contributed by atoms with Crippen LogP contribution in [-0.4, -0.2) is 23.9 Å². The fourth-order valence-electron chi connectivity index (χ4n) is 0.839. The maximum absolute atomic E-state index is 11.1. The molecule has 0 radical (unpaired) electrons.